The molecule has 112 valence electrons. The van der Waals surface area contributed by atoms with E-state index in [-0.39, 0.29) is 12.3 Å². The second kappa shape index (κ2) is 7.44. The monoisotopic (exact) mass is 288 g/mol. The van der Waals surface area contributed by atoms with Crippen LogP contribution in [-0.4, -0.2) is 15.7 Å². The van der Waals surface area contributed by atoms with Crippen LogP contribution in [0.2, 0.25) is 0 Å². The summed E-state index contributed by atoms with van der Waals surface area (Å²) in [7, 11) is 0. The molecule has 0 radical (unpaired) electrons. The van der Waals surface area contributed by atoms with Crippen molar-refractivity contribution in [2.24, 2.45) is 5.84 Å². The first-order valence-electron chi connectivity index (χ1n) is 6.93. The van der Waals surface area contributed by atoms with Crippen LogP contribution in [0.5, 0.6) is 5.75 Å². The van der Waals surface area contributed by atoms with Gasteiger partial charge in [0.25, 0.3) is 0 Å². The van der Waals surface area contributed by atoms with E-state index in [2.05, 4.69) is 17.4 Å². The van der Waals surface area contributed by atoms with E-state index >= 15 is 0 Å². The fraction of sp³-hybridized carbons (Fsp3) is 0.333. The lowest BCUT2D eigenvalue weighted by Gasteiger charge is -2.05. The SMILES string of the molecule is CCCn1cc(OCc2ccc(CC(=O)NN)cc2)cn1. The third-order valence-electron chi connectivity index (χ3n) is 3.02. The van der Waals surface area contributed by atoms with E-state index in [9.17, 15) is 4.79 Å². The number of nitrogens with two attached hydrogens (primary N) is 1. The molecule has 0 aliphatic carbocycles. The van der Waals surface area contributed by atoms with Crippen LogP contribution in [-0.2, 0) is 24.4 Å². The van der Waals surface area contributed by atoms with E-state index in [1.807, 2.05) is 35.1 Å². The smallest absolute Gasteiger partial charge is 0.238 e. The van der Waals surface area contributed by atoms with Crippen molar-refractivity contribution >= 4 is 5.91 Å². The van der Waals surface area contributed by atoms with Gasteiger partial charge in [0.05, 0.1) is 18.8 Å². The Hall–Kier alpha value is -2.34. The first-order valence-corrected chi connectivity index (χ1v) is 6.93. The highest BCUT2D eigenvalue weighted by atomic mass is 16.5. The Morgan fingerprint density at radius 1 is 1.33 bits per heavy atom. The average Bonchev–Trinajstić information content (AvgIpc) is 2.94. The predicted octanol–water partition coefficient (Wildman–Crippen LogP) is 1.40. The summed E-state index contributed by atoms with van der Waals surface area (Å²) in [6.07, 6.45) is 4.93. The van der Waals surface area contributed by atoms with Crippen molar-refractivity contribution in [1.82, 2.24) is 15.2 Å². The second-order valence-electron chi connectivity index (χ2n) is 4.79. The largest absolute Gasteiger partial charge is 0.486 e. The number of ether oxygens (including phenoxy) is 1. The Morgan fingerprint density at radius 3 is 2.71 bits per heavy atom. The van der Waals surface area contributed by atoms with Crippen molar-refractivity contribution in [3.05, 3.63) is 47.8 Å². The van der Waals surface area contributed by atoms with Crippen molar-refractivity contribution in [3.8, 4) is 5.75 Å². The summed E-state index contributed by atoms with van der Waals surface area (Å²) in [4.78, 5) is 11.2. The molecule has 0 unspecified atom stereocenters. The molecule has 3 N–H and O–H groups in total. The van der Waals surface area contributed by atoms with Gasteiger partial charge in [-0.2, -0.15) is 5.10 Å². The number of hydrazine groups is 1. The molecule has 0 saturated carbocycles. The van der Waals surface area contributed by atoms with E-state index in [4.69, 9.17) is 10.6 Å². The number of nitrogens with one attached hydrogen (secondary N) is 1. The van der Waals surface area contributed by atoms with E-state index in [0.29, 0.717) is 6.61 Å². The molecule has 0 aliphatic rings. The van der Waals surface area contributed by atoms with Crippen LogP contribution in [0.3, 0.4) is 0 Å². The minimum absolute atomic E-state index is 0.206. The molecule has 6 nitrogen and oxygen atoms in total. The summed E-state index contributed by atoms with van der Waals surface area (Å²) >= 11 is 0. The maximum atomic E-state index is 11.2. The fourth-order valence-electron chi connectivity index (χ4n) is 1.93. The highest BCUT2D eigenvalue weighted by Crippen LogP contribution is 2.12. The van der Waals surface area contributed by atoms with Crippen LogP contribution in [0.25, 0.3) is 0 Å². The number of aryl methyl sites for hydroxylation is 1. The highest BCUT2D eigenvalue weighted by molar-refractivity contribution is 5.77. The number of hydrogen-bond donors (Lipinski definition) is 2. The van der Waals surface area contributed by atoms with Gasteiger partial charge in [0.1, 0.15) is 6.61 Å². The number of benzene rings is 1. The standard InChI is InChI=1S/C15H20N4O2/c1-2-7-19-10-14(9-17-19)21-11-13-5-3-12(4-6-13)8-15(20)18-16/h3-6,9-10H,2,7-8,11,16H2,1H3,(H,18,20). The van der Waals surface area contributed by atoms with Gasteiger partial charge in [-0.1, -0.05) is 31.2 Å². The lowest BCUT2D eigenvalue weighted by molar-refractivity contribution is -0.120. The zero-order chi connectivity index (χ0) is 15.1. The normalized spacial score (nSPS) is 10.4. The summed E-state index contributed by atoms with van der Waals surface area (Å²) < 4.78 is 7.54. The Morgan fingerprint density at radius 2 is 2.05 bits per heavy atom. The summed E-state index contributed by atoms with van der Waals surface area (Å²) in [5.41, 5.74) is 4.07. The molecule has 21 heavy (non-hydrogen) atoms. The summed E-state index contributed by atoms with van der Waals surface area (Å²) in [5.74, 6) is 5.61. The van der Waals surface area contributed by atoms with E-state index in [1.165, 1.54) is 0 Å². The quantitative estimate of drug-likeness (QED) is 0.458. The molecule has 6 heteroatoms. The van der Waals surface area contributed by atoms with Crippen LogP contribution in [0.1, 0.15) is 24.5 Å². The molecule has 2 aromatic rings. The van der Waals surface area contributed by atoms with Gasteiger partial charge >= 0.3 is 0 Å². The number of carbonyl (C=O) groups is 1. The first kappa shape index (κ1) is 15.1. The summed E-state index contributed by atoms with van der Waals surface area (Å²) in [5, 5.41) is 4.21. The van der Waals surface area contributed by atoms with Gasteiger partial charge in [-0.3, -0.25) is 14.9 Å². The van der Waals surface area contributed by atoms with Crippen LogP contribution in [0.4, 0.5) is 0 Å². The maximum Gasteiger partial charge on any atom is 0.238 e. The van der Waals surface area contributed by atoms with E-state index < -0.39 is 0 Å². The van der Waals surface area contributed by atoms with Crippen molar-refractivity contribution in [3.63, 3.8) is 0 Å². The number of amides is 1. The summed E-state index contributed by atoms with van der Waals surface area (Å²) in [6, 6.07) is 7.67. The van der Waals surface area contributed by atoms with Crippen molar-refractivity contribution in [2.45, 2.75) is 32.9 Å². The van der Waals surface area contributed by atoms with Crippen LogP contribution >= 0.6 is 0 Å². The minimum Gasteiger partial charge on any atom is -0.486 e. The minimum atomic E-state index is -0.206. The average molecular weight is 288 g/mol. The molecule has 0 saturated heterocycles. The molecule has 1 aromatic heterocycles. The molecule has 1 aromatic carbocycles. The van der Waals surface area contributed by atoms with Crippen LogP contribution in [0.15, 0.2) is 36.7 Å². The molecule has 0 fully saturated rings. The van der Waals surface area contributed by atoms with Gasteiger partial charge < -0.3 is 4.74 Å². The zero-order valence-corrected chi connectivity index (χ0v) is 12.1. The maximum absolute atomic E-state index is 11.2. The van der Waals surface area contributed by atoms with Gasteiger partial charge in [0.2, 0.25) is 5.91 Å². The number of aromatic nitrogens is 2. The number of rotatable bonds is 7. The molecule has 0 aliphatic heterocycles. The Labute approximate surface area is 123 Å². The van der Waals surface area contributed by atoms with Gasteiger partial charge in [0, 0.05) is 6.54 Å². The van der Waals surface area contributed by atoms with Gasteiger partial charge in [0.15, 0.2) is 5.75 Å². The molecular formula is C15H20N4O2. The Bertz CT molecular complexity index is 578. The topological polar surface area (TPSA) is 82.2 Å². The molecule has 1 heterocycles. The third kappa shape index (κ3) is 4.61. The zero-order valence-electron chi connectivity index (χ0n) is 12.1. The van der Waals surface area contributed by atoms with Crippen molar-refractivity contribution < 1.29 is 9.53 Å². The number of hydrogen-bond acceptors (Lipinski definition) is 4. The molecule has 0 spiro atoms. The lowest BCUT2D eigenvalue weighted by Crippen LogP contribution is -2.31. The lowest BCUT2D eigenvalue weighted by atomic mass is 10.1. The Balaban J connectivity index is 1.86. The van der Waals surface area contributed by atoms with Crippen molar-refractivity contribution in [2.75, 3.05) is 0 Å². The number of carbonyl (C=O) groups excluding carboxylic acids is 1. The molecule has 0 atom stereocenters. The van der Waals surface area contributed by atoms with Gasteiger partial charge in [-0.25, -0.2) is 5.84 Å². The number of nitrogens with zero attached hydrogens (tertiary/aromatic N) is 2. The van der Waals surface area contributed by atoms with Gasteiger partial charge in [-0.15, -0.1) is 0 Å². The van der Waals surface area contributed by atoms with Gasteiger partial charge in [-0.05, 0) is 17.5 Å². The molecule has 2 rings (SSSR count). The first-order chi connectivity index (χ1) is 10.2. The second-order valence-corrected chi connectivity index (χ2v) is 4.79. The fourth-order valence-corrected chi connectivity index (χ4v) is 1.93. The molecular weight excluding hydrogens is 268 g/mol. The van der Waals surface area contributed by atoms with E-state index in [0.717, 1.165) is 29.8 Å². The van der Waals surface area contributed by atoms with Crippen LogP contribution < -0.4 is 16.0 Å². The Kier molecular flexibility index (Phi) is 5.34. The molecule has 1 amide bonds. The highest BCUT2D eigenvalue weighted by Gasteiger charge is 2.03. The van der Waals surface area contributed by atoms with E-state index in [1.54, 1.807) is 6.20 Å². The molecule has 0 bridgehead atoms. The van der Waals surface area contributed by atoms with Crippen molar-refractivity contribution in [1.29, 1.82) is 0 Å². The third-order valence-corrected chi connectivity index (χ3v) is 3.02. The summed E-state index contributed by atoms with van der Waals surface area (Å²) in [6.45, 7) is 3.47. The predicted molar refractivity (Wildman–Crippen MR) is 79.3 cm³/mol. The van der Waals surface area contributed by atoms with Crippen LogP contribution in [0, 0.1) is 0 Å².